The molecule has 5 rings (SSSR count). The first-order chi connectivity index (χ1) is 16.0. The Labute approximate surface area is 211 Å². The van der Waals surface area contributed by atoms with Crippen LogP contribution < -0.4 is 0 Å². The van der Waals surface area contributed by atoms with Gasteiger partial charge in [-0.15, -0.1) is 0 Å². The van der Waals surface area contributed by atoms with Gasteiger partial charge in [0.2, 0.25) is 0 Å². The summed E-state index contributed by atoms with van der Waals surface area (Å²) in [5, 5.41) is 45.1. The Morgan fingerprint density at radius 2 is 1.63 bits per heavy atom. The van der Waals surface area contributed by atoms with Crippen LogP contribution in [0.2, 0.25) is 0 Å². The summed E-state index contributed by atoms with van der Waals surface area (Å²) >= 11 is 0. The molecule has 35 heavy (non-hydrogen) atoms. The Balaban J connectivity index is 1.67. The average molecular weight is 489 g/mol. The Bertz CT molecular complexity index is 952. The molecule has 0 radical (unpaired) electrons. The van der Waals surface area contributed by atoms with Gasteiger partial charge < -0.3 is 20.4 Å². The fourth-order valence-corrected chi connectivity index (χ4v) is 11.0. The van der Waals surface area contributed by atoms with Crippen molar-refractivity contribution < 1.29 is 25.2 Å². The van der Waals surface area contributed by atoms with Crippen LogP contribution in [0.1, 0.15) is 99.8 Å². The minimum atomic E-state index is -1.08. The molecule has 4 fully saturated rings. The fraction of sp³-hybridized carbons (Fsp3) is 0.900. The van der Waals surface area contributed by atoms with Crippen molar-refractivity contribution in [2.75, 3.05) is 0 Å². The van der Waals surface area contributed by atoms with Gasteiger partial charge in [0.1, 0.15) is 0 Å². The van der Waals surface area contributed by atoms with E-state index < -0.39 is 35.1 Å². The highest BCUT2D eigenvalue weighted by atomic mass is 16.4. The normalized spacial score (nSPS) is 57.1. The molecule has 4 N–H and O–H groups in total. The minimum absolute atomic E-state index is 0.0230. The van der Waals surface area contributed by atoms with Crippen molar-refractivity contribution in [1.82, 2.24) is 0 Å². The minimum Gasteiger partial charge on any atom is -0.481 e. The maximum absolute atomic E-state index is 12.8. The number of hydrogen-bond acceptors (Lipinski definition) is 4. The highest BCUT2D eigenvalue weighted by Crippen LogP contribution is 2.76. The lowest BCUT2D eigenvalue weighted by atomic mass is 9.32. The number of rotatable bonds is 1. The molecule has 4 saturated carbocycles. The van der Waals surface area contributed by atoms with Gasteiger partial charge in [0, 0.05) is 5.92 Å². The van der Waals surface area contributed by atoms with Crippen LogP contribution in [0.15, 0.2) is 11.6 Å². The van der Waals surface area contributed by atoms with E-state index >= 15 is 0 Å². The Kier molecular flexibility index (Phi) is 5.40. The number of aliphatic carboxylic acids is 1. The first kappa shape index (κ1) is 25.7. The Hall–Kier alpha value is -0.910. The maximum atomic E-state index is 12.8. The van der Waals surface area contributed by atoms with Gasteiger partial charge in [0.25, 0.3) is 0 Å². The lowest BCUT2D eigenvalue weighted by molar-refractivity contribution is -0.247. The molecular weight excluding hydrogens is 440 g/mol. The van der Waals surface area contributed by atoms with Gasteiger partial charge in [-0.3, -0.25) is 4.79 Å². The summed E-state index contributed by atoms with van der Waals surface area (Å²) in [7, 11) is 0. The molecule has 0 bridgehead atoms. The SMILES string of the molecule is C[C@@H]1CC[C@]2(C(=O)O)CC[C@]3(C)C(=CC[C@@H]4[C@@]5(C)CC[C@H](O)C(C)(C)[C@H]5[C@H](O)C[C@]43C)[C@H]2[C@]1(C)O. The zero-order chi connectivity index (χ0) is 26.0. The molecule has 0 spiro atoms. The zero-order valence-corrected chi connectivity index (χ0v) is 22.9. The molecule has 0 amide bonds. The molecule has 5 nitrogen and oxygen atoms in total. The summed E-state index contributed by atoms with van der Waals surface area (Å²) in [5.41, 5.74) is -1.80. The average Bonchev–Trinajstić information content (AvgIpc) is 2.74. The van der Waals surface area contributed by atoms with Crippen molar-refractivity contribution >= 4 is 5.97 Å². The summed E-state index contributed by atoms with van der Waals surface area (Å²) in [6.07, 6.45) is 7.27. The van der Waals surface area contributed by atoms with Crippen LogP contribution in [0, 0.1) is 50.7 Å². The molecule has 0 unspecified atom stereocenters. The number of allylic oxidation sites excluding steroid dienone is 1. The van der Waals surface area contributed by atoms with Crippen LogP contribution in [0.4, 0.5) is 0 Å². The highest BCUT2D eigenvalue weighted by Gasteiger charge is 2.72. The van der Waals surface area contributed by atoms with Crippen LogP contribution >= 0.6 is 0 Å². The Morgan fingerprint density at radius 3 is 2.26 bits per heavy atom. The van der Waals surface area contributed by atoms with E-state index in [2.05, 4.69) is 47.6 Å². The number of fused-ring (bicyclic) bond motifs is 7. The van der Waals surface area contributed by atoms with Gasteiger partial charge in [0.15, 0.2) is 0 Å². The van der Waals surface area contributed by atoms with E-state index in [1.54, 1.807) is 0 Å². The number of carboxylic acid groups (broad SMARTS) is 1. The first-order valence-corrected chi connectivity index (χ1v) is 14.0. The molecule has 0 heterocycles. The smallest absolute Gasteiger partial charge is 0.310 e. The van der Waals surface area contributed by atoms with Gasteiger partial charge in [0.05, 0.1) is 23.2 Å². The first-order valence-electron chi connectivity index (χ1n) is 14.0. The van der Waals surface area contributed by atoms with Crippen molar-refractivity contribution in [3.8, 4) is 0 Å². The zero-order valence-electron chi connectivity index (χ0n) is 22.9. The van der Waals surface area contributed by atoms with Gasteiger partial charge in [-0.1, -0.05) is 53.2 Å². The number of carboxylic acids is 1. The van der Waals surface area contributed by atoms with Crippen LogP contribution in [0.3, 0.4) is 0 Å². The third-order valence-electron chi connectivity index (χ3n) is 13.3. The van der Waals surface area contributed by atoms with E-state index in [1.807, 2.05) is 6.92 Å². The van der Waals surface area contributed by atoms with E-state index in [-0.39, 0.29) is 33.5 Å². The summed E-state index contributed by atoms with van der Waals surface area (Å²) in [6, 6.07) is 0. The van der Waals surface area contributed by atoms with Gasteiger partial charge >= 0.3 is 5.97 Å². The van der Waals surface area contributed by atoms with E-state index in [9.17, 15) is 25.2 Å². The van der Waals surface area contributed by atoms with Crippen molar-refractivity contribution in [3.63, 3.8) is 0 Å². The van der Waals surface area contributed by atoms with E-state index in [0.717, 1.165) is 37.7 Å². The molecule has 5 heteroatoms. The molecule has 0 aromatic heterocycles. The second-order valence-electron chi connectivity index (χ2n) is 14.9. The number of aliphatic hydroxyl groups is 3. The summed E-state index contributed by atoms with van der Waals surface area (Å²) in [5.74, 6) is -0.765. The van der Waals surface area contributed by atoms with Crippen molar-refractivity contribution in [2.45, 2.75) is 118 Å². The molecule has 0 aromatic rings. The summed E-state index contributed by atoms with van der Waals surface area (Å²) < 4.78 is 0. The second kappa shape index (κ2) is 7.35. The van der Waals surface area contributed by atoms with Gasteiger partial charge in [-0.2, -0.15) is 0 Å². The van der Waals surface area contributed by atoms with Gasteiger partial charge in [-0.05, 0) is 97.7 Å². The van der Waals surface area contributed by atoms with Crippen LogP contribution in [0.5, 0.6) is 0 Å². The lowest BCUT2D eigenvalue weighted by Gasteiger charge is -2.72. The van der Waals surface area contributed by atoms with Crippen molar-refractivity contribution in [3.05, 3.63) is 11.6 Å². The summed E-state index contributed by atoms with van der Waals surface area (Å²) in [4.78, 5) is 12.8. The van der Waals surface area contributed by atoms with Crippen molar-refractivity contribution in [1.29, 1.82) is 0 Å². The molecule has 11 atom stereocenters. The highest BCUT2D eigenvalue weighted by molar-refractivity contribution is 5.77. The van der Waals surface area contributed by atoms with Crippen LogP contribution in [-0.4, -0.2) is 44.2 Å². The predicted molar refractivity (Wildman–Crippen MR) is 135 cm³/mol. The number of aliphatic hydroxyl groups excluding tert-OH is 2. The van der Waals surface area contributed by atoms with Crippen LogP contribution in [-0.2, 0) is 4.79 Å². The molecular formula is C30H48O5. The third kappa shape index (κ3) is 2.90. The monoisotopic (exact) mass is 488 g/mol. The largest absolute Gasteiger partial charge is 0.481 e. The quantitative estimate of drug-likeness (QED) is 0.382. The number of hydrogen-bond donors (Lipinski definition) is 4. The third-order valence-corrected chi connectivity index (χ3v) is 13.3. The molecule has 0 aliphatic heterocycles. The van der Waals surface area contributed by atoms with Gasteiger partial charge in [-0.25, -0.2) is 0 Å². The topological polar surface area (TPSA) is 98.0 Å². The molecule has 5 aliphatic carbocycles. The second-order valence-corrected chi connectivity index (χ2v) is 14.9. The van der Waals surface area contributed by atoms with Crippen LogP contribution in [0.25, 0.3) is 0 Å². The van der Waals surface area contributed by atoms with Crippen molar-refractivity contribution in [2.24, 2.45) is 50.7 Å². The predicted octanol–water partition coefficient (Wildman–Crippen LogP) is 5.18. The van der Waals surface area contributed by atoms with E-state index in [0.29, 0.717) is 25.2 Å². The Morgan fingerprint density at radius 1 is 0.971 bits per heavy atom. The molecule has 0 saturated heterocycles. The standard InChI is InChI=1S/C30H48O5/c1-17-10-13-30(24(33)34)15-14-27(5)18(22(30)29(17,7)35)8-9-20-26(4)12-11-21(32)25(2,3)23(26)19(31)16-28(20,27)6/h8,17,19-23,31-32,35H,9-16H2,1-7H3,(H,33,34)/t17-,19-,20-,21+,22+,23-,26-,27-,28-,29-,30+/m1/s1. The fourth-order valence-electron chi connectivity index (χ4n) is 11.0. The molecule has 5 aliphatic rings. The molecule has 198 valence electrons. The maximum Gasteiger partial charge on any atom is 0.310 e. The summed E-state index contributed by atoms with van der Waals surface area (Å²) in [6.45, 7) is 15.2. The lowest BCUT2D eigenvalue weighted by Crippen LogP contribution is -2.70. The molecule has 0 aromatic carbocycles. The number of carbonyl (C=O) groups is 1. The van der Waals surface area contributed by atoms with E-state index in [4.69, 9.17) is 0 Å². The van der Waals surface area contributed by atoms with E-state index in [1.165, 1.54) is 0 Å².